The molecule has 8 heteroatoms. The molecule has 0 saturated carbocycles. The van der Waals surface area contributed by atoms with Crippen LogP contribution in [0.2, 0.25) is 0 Å². The lowest BCUT2D eigenvalue weighted by Crippen LogP contribution is -2.29. The molecule has 0 bridgehead atoms. The smallest absolute Gasteiger partial charge is 0.423 e. The average molecular weight is 478 g/mol. The summed E-state index contributed by atoms with van der Waals surface area (Å²) < 4.78 is 0. The van der Waals surface area contributed by atoms with Crippen LogP contribution in [0.4, 0.5) is 0 Å². The molecule has 0 aromatic heterocycles. The number of Topliss-reactive ketones (excluding diaryl/α,β-unsaturated/α-hetero) is 2. The second-order valence-corrected chi connectivity index (χ2v) is 9.24. The molecule has 3 aromatic rings. The van der Waals surface area contributed by atoms with Gasteiger partial charge in [0.2, 0.25) is 0 Å². The first-order valence-corrected chi connectivity index (χ1v) is 11.9. The minimum Gasteiger partial charge on any atom is -0.423 e. The Labute approximate surface area is 209 Å². The monoisotopic (exact) mass is 478 g/mol. The summed E-state index contributed by atoms with van der Waals surface area (Å²) in [6, 6.07) is 17.2. The first kappa shape index (κ1) is 24.2. The van der Waals surface area contributed by atoms with Crippen LogP contribution in [0.3, 0.4) is 0 Å². The third-order valence-corrected chi connectivity index (χ3v) is 6.88. The van der Waals surface area contributed by atoms with Crippen molar-refractivity contribution in [3.8, 4) is 0 Å². The van der Waals surface area contributed by atoms with Crippen molar-refractivity contribution in [1.82, 2.24) is 0 Å². The summed E-state index contributed by atoms with van der Waals surface area (Å²) in [5, 5.41) is 37.1. The molecule has 0 heterocycles. The fraction of sp³-hybridized carbons (Fsp3) is 0.143. The summed E-state index contributed by atoms with van der Waals surface area (Å²) in [7, 11) is -3.07. The molecule has 0 amide bonds. The number of carbonyl (C=O) groups is 2. The van der Waals surface area contributed by atoms with Gasteiger partial charge in [0, 0.05) is 22.3 Å². The third-order valence-electron chi connectivity index (χ3n) is 6.88. The summed E-state index contributed by atoms with van der Waals surface area (Å²) in [5.41, 5.74) is 6.72. The zero-order valence-electron chi connectivity index (χ0n) is 19.5. The van der Waals surface area contributed by atoms with E-state index in [2.05, 4.69) is 0 Å². The average Bonchev–Trinajstić information content (AvgIpc) is 2.87. The van der Waals surface area contributed by atoms with E-state index >= 15 is 0 Å². The number of carbonyl (C=O) groups excluding carboxylic acids is 2. The molecule has 0 unspecified atom stereocenters. The van der Waals surface area contributed by atoms with Crippen molar-refractivity contribution in [3.63, 3.8) is 0 Å². The maximum Gasteiger partial charge on any atom is 0.488 e. The van der Waals surface area contributed by atoms with Crippen molar-refractivity contribution in [2.75, 3.05) is 0 Å². The lowest BCUT2D eigenvalue weighted by Gasteiger charge is -2.24. The Bertz CT molecular complexity index is 1300. The Morgan fingerprint density at radius 1 is 0.556 bits per heavy atom. The van der Waals surface area contributed by atoms with Gasteiger partial charge in [-0.15, -0.1) is 0 Å². The minimum atomic E-state index is -1.54. The van der Waals surface area contributed by atoms with Crippen molar-refractivity contribution in [1.29, 1.82) is 0 Å². The van der Waals surface area contributed by atoms with Gasteiger partial charge in [-0.3, -0.25) is 9.59 Å². The van der Waals surface area contributed by atoms with Gasteiger partial charge in [-0.1, -0.05) is 54.6 Å². The van der Waals surface area contributed by atoms with E-state index in [0.717, 1.165) is 22.3 Å². The van der Waals surface area contributed by atoms with Gasteiger partial charge in [0.1, 0.15) is 0 Å². The van der Waals surface area contributed by atoms with E-state index in [0.29, 0.717) is 58.9 Å². The molecule has 0 fully saturated rings. The first-order valence-electron chi connectivity index (χ1n) is 11.9. The molecule has 3 aromatic carbocycles. The van der Waals surface area contributed by atoms with E-state index in [1.54, 1.807) is 54.6 Å². The molecule has 2 aliphatic carbocycles. The van der Waals surface area contributed by atoms with Crippen LogP contribution in [0.5, 0.6) is 0 Å². The van der Waals surface area contributed by atoms with E-state index in [9.17, 15) is 29.7 Å². The summed E-state index contributed by atoms with van der Waals surface area (Å²) >= 11 is 0. The first-order chi connectivity index (χ1) is 17.3. The SMILES string of the molecule is O=C1/C(=C/c2ccc(B(O)O)cc2)CCc2cc3c(cc21)C(=O)/C(=C/c1ccc(B(O)O)cc1)CC3. The molecule has 6 nitrogen and oxygen atoms in total. The molecule has 0 saturated heterocycles. The van der Waals surface area contributed by atoms with Crippen LogP contribution in [-0.2, 0) is 12.8 Å². The van der Waals surface area contributed by atoms with E-state index in [1.807, 2.05) is 18.2 Å². The van der Waals surface area contributed by atoms with E-state index in [4.69, 9.17) is 0 Å². The van der Waals surface area contributed by atoms with Gasteiger partial charge in [0.05, 0.1) is 0 Å². The van der Waals surface area contributed by atoms with Gasteiger partial charge in [0.15, 0.2) is 11.6 Å². The molecule has 0 spiro atoms. The largest absolute Gasteiger partial charge is 0.488 e. The second-order valence-electron chi connectivity index (χ2n) is 9.24. The van der Waals surface area contributed by atoms with Gasteiger partial charge in [-0.2, -0.15) is 0 Å². The van der Waals surface area contributed by atoms with Gasteiger partial charge in [0.25, 0.3) is 0 Å². The molecule has 4 N–H and O–H groups in total. The van der Waals surface area contributed by atoms with E-state index in [1.165, 1.54) is 0 Å². The molecular weight excluding hydrogens is 454 g/mol. The Hall–Kier alpha value is -3.55. The quantitative estimate of drug-likeness (QED) is 0.334. The Morgan fingerprint density at radius 2 is 0.944 bits per heavy atom. The maximum absolute atomic E-state index is 13.3. The van der Waals surface area contributed by atoms with Crippen molar-refractivity contribution < 1.29 is 29.7 Å². The highest BCUT2D eigenvalue weighted by atomic mass is 16.4. The maximum atomic E-state index is 13.3. The number of ketones is 2. The number of hydrogen-bond acceptors (Lipinski definition) is 6. The molecule has 0 atom stereocenters. The van der Waals surface area contributed by atoms with Crippen molar-refractivity contribution in [3.05, 3.63) is 105 Å². The summed E-state index contributed by atoms with van der Waals surface area (Å²) in [6.45, 7) is 0. The summed E-state index contributed by atoms with van der Waals surface area (Å²) in [4.78, 5) is 26.7. The standard InChI is InChI=1S/C28H24B2O6/c31-27-21(13-17-1-9-23(10-2-17)29(33)34)7-5-19-15-20-6-8-22(28(32)26(20)16-25(19)27)14-18-3-11-24(12-4-18)30(35)36/h1-4,9-16,33-36H,5-8H2/b21-13+,22-14+. The third kappa shape index (κ3) is 4.76. The van der Waals surface area contributed by atoms with Gasteiger partial charge in [-0.05, 0) is 77.1 Å². The molecule has 5 rings (SSSR count). The summed E-state index contributed by atoms with van der Waals surface area (Å²) in [6.07, 6.45) is 6.27. The Balaban J connectivity index is 1.42. The number of rotatable bonds is 4. The Kier molecular flexibility index (Phi) is 6.60. The van der Waals surface area contributed by atoms with Crippen molar-refractivity contribution >= 4 is 48.9 Å². The van der Waals surface area contributed by atoms with Crippen LogP contribution in [0.1, 0.15) is 55.8 Å². The molecule has 178 valence electrons. The van der Waals surface area contributed by atoms with Crippen molar-refractivity contribution in [2.45, 2.75) is 25.7 Å². The molecule has 36 heavy (non-hydrogen) atoms. The molecule has 0 aliphatic heterocycles. The topological polar surface area (TPSA) is 115 Å². The zero-order valence-corrected chi connectivity index (χ0v) is 19.5. The van der Waals surface area contributed by atoms with E-state index in [-0.39, 0.29) is 11.6 Å². The molecule has 2 aliphatic rings. The highest BCUT2D eigenvalue weighted by Gasteiger charge is 2.28. The van der Waals surface area contributed by atoms with Crippen molar-refractivity contribution in [2.24, 2.45) is 0 Å². The molecule has 0 radical (unpaired) electrons. The van der Waals surface area contributed by atoms with Gasteiger partial charge < -0.3 is 20.1 Å². The number of fused-ring (bicyclic) bond motifs is 2. The number of benzene rings is 3. The highest BCUT2D eigenvalue weighted by Crippen LogP contribution is 2.34. The predicted octanol–water partition coefficient (Wildman–Crippen LogP) is 1.47. The zero-order chi connectivity index (χ0) is 25.4. The number of allylic oxidation sites excluding steroid dienone is 2. The summed E-state index contributed by atoms with van der Waals surface area (Å²) in [5.74, 6) is -0.181. The van der Waals surface area contributed by atoms with Crippen LogP contribution in [-0.4, -0.2) is 45.9 Å². The fourth-order valence-electron chi connectivity index (χ4n) is 4.85. The second kappa shape index (κ2) is 9.84. The normalized spacial score (nSPS) is 17.2. The van der Waals surface area contributed by atoms with Crippen LogP contribution < -0.4 is 10.9 Å². The number of hydrogen-bond donors (Lipinski definition) is 4. The lowest BCUT2D eigenvalue weighted by atomic mass is 9.78. The Morgan fingerprint density at radius 3 is 1.31 bits per heavy atom. The van der Waals surface area contributed by atoms with Crippen LogP contribution in [0, 0.1) is 0 Å². The fourth-order valence-corrected chi connectivity index (χ4v) is 4.85. The van der Waals surface area contributed by atoms with Crippen LogP contribution >= 0.6 is 0 Å². The lowest BCUT2D eigenvalue weighted by molar-refractivity contribution is 0.102. The van der Waals surface area contributed by atoms with Gasteiger partial charge >= 0.3 is 14.2 Å². The number of aryl methyl sites for hydroxylation is 2. The highest BCUT2D eigenvalue weighted by molar-refractivity contribution is 6.58. The van der Waals surface area contributed by atoms with Crippen LogP contribution in [0.25, 0.3) is 12.2 Å². The predicted molar refractivity (Wildman–Crippen MR) is 140 cm³/mol. The van der Waals surface area contributed by atoms with Crippen LogP contribution in [0.15, 0.2) is 71.8 Å². The molecular formula is C28H24B2O6. The minimum absolute atomic E-state index is 0.0904. The van der Waals surface area contributed by atoms with Gasteiger partial charge in [-0.25, -0.2) is 0 Å². The van der Waals surface area contributed by atoms with E-state index < -0.39 is 14.2 Å².